The van der Waals surface area contributed by atoms with Gasteiger partial charge in [0.25, 0.3) is 0 Å². The summed E-state index contributed by atoms with van der Waals surface area (Å²) in [6, 6.07) is 5.69. The molecule has 1 aromatic rings. The van der Waals surface area contributed by atoms with E-state index in [1.807, 2.05) is 18.2 Å². The summed E-state index contributed by atoms with van der Waals surface area (Å²) < 4.78 is 10.9. The minimum absolute atomic E-state index is 0.533. The second kappa shape index (κ2) is 4.96. The molecule has 3 heteroatoms. The van der Waals surface area contributed by atoms with Crippen LogP contribution in [0.3, 0.4) is 0 Å². The summed E-state index contributed by atoms with van der Waals surface area (Å²) in [5.74, 6) is 1.24. The summed E-state index contributed by atoms with van der Waals surface area (Å²) in [6.07, 6.45) is 4.09. The lowest BCUT2D eigenvalue weighted by Gasteiger charge is -2.21. The summed E-state index contributed by atoms with van der Waals surface area (Å²) in [5.41, 5.74) is 0. The Balaban J connectivity index is 1.76. The van der Waals surface area contributed by atoms with E-state index < -0.39 is 0 Å². The van der Waals surface area contributed by atoms with E-state index in [0.29, 0.717) is 11.8 Å². The highest BCUT2D eigenvalue weighted by atomic mass is 16.5. The highest BCUT2D eigenvalue weighted by molar-refractivity contribution is 5.09. The van der Waals surface area contributed by atoms with E-state index in [1.165, 1.54) is 6.42 Å². The molecule has 1 saturated heterocycles. The predicted molar refractivity (Wildman–Crippen MR) is 53.3 cm³/mol. The van der Waals surface area contributed by atoms with Gasteiger partial charge in [0.15, 0.2) is 0 Å². The first-order valence-corrected chi connectivity index (χ1v) is 5.07. The molecule has 0 amide bonds. The maximum atomic E-state index is 5.55. The number of nitrogens with zero attached hydrogens (tertiary/aromatic N) is 1. The van der Waals surface area contributed by atoms with Crippen molar-refractivity contribution in [3.05, 3.63) is 24.4 Å². The molecule has 2 heterocycles. The number of rotatable bonds is 3. The highest BCUT2D eigenvalue weighted by Crippen LogP contribution is 2.15. The van der Waals surface area contributed by atoms with Gasteiger partial charge in [0.2, 0.25) is 5.88 Å². The van der Waals surface area contributed by atoms with E-state index >= 15 is 0 Å². The molecular weight excluding hydrogens is 178 g/mol. The Morgan fingerprint density at radius 3 is 3.21 bits per heavy atom. The van der Waals surface area contributed by atoms with Crippen LogP contribution in [0.2, 0.25) is 0 Å². The van der Waals surface area contributed by atoms with Crippen molar-refractivity contribution in [3.63, 3.8) is 0 Å². The van der Waals surface area contributed by atoms with Gasteiger partial charge in [-0.1, -0.05) is 6.07 Å². The fourth-order valence-electron chi connectivity index (χ4n) is 1.57. The van der Waals surface area contributed by atoms with Crippen LogP contribution in [0.15, 0.2) is 24.4 Å². The van der Waals surface area contributed by atoms with Gasteiger partial charge < -0.3 is 9.47 Å². The monoisotopic (exact) mass is 193 g/mol. The third kappa shape index (κ3) is 2.70. The van der Waals surface area contributed by atoms with Crippen LogP contribution in [0.1, 0.15) is 12.8 Å². The van der Waals surface area contributed by atoms with Crippen LogP contribution >= 0.6 is 0 Å². The Kier molecular flexibility index (Phi) is 3.35. The first-order valence-electron chi connectivity index (χ1n) is 5.07. The molecule has 1 aromatic heterocycles. The maximum Gasteiger partial charge on any atom is 0.213 e. The van der Waals surface area contributed by atoms with Gasteiger partial charge in [0.1, 0.15) is 0 Å². The Labute approximate surface area is 84.1 Å². The van der Waals surface area contributed by atoms with Crippen LogP contribution < -0.4 is 4.74 Å². The van der Waals surface area contributed by atoms with E-state index in [4.69, 9.17) is 9.47 Å². The van der Waals surface area contributed by atoms with Gasteiger partial charge in [-0.15, -0.1) is 0 Å². The van der Waals surface area contributed by atoms with Crippen molar-refractivity contribution in [3.8, 4) is 5.88 Å². The lowest BCUT2D eigenvalue weighted by atomic mass is 10.0. The van der Waals surface area contributed by atoms with Gasteiger partial charge >= 0.3 is 0 Å². The highest BCUT2D eigenvalue weighted by Gasteiger charge is 2.14. The smallest absolute Gasteiger partial charge is 0.213 e. The Hall–Kier alpha value is -1.09. The summed E-state index contributed by atoms with van der Waals surface area (Å²) >= 11 is 0. The van der Waals surface area contributed by atoms with Gasteiger partial charge in [0, 0.05) is 24.8 Å². The van der Waals surface area contributed by atoms with E-state index in [9.17, 15) is 0 Å². The van der Waals surface area contributed by atoms with Crippen molar-refractivity contribution in [1.82, 2.24) is 4.98 Å². The summed E-state index contributed by atoms with van der Waals surface area (Å²) in [4.78, 5) is 4.10. The second-order valence-electron chi connectivity index (χ2n) is 3.56. The zero-order chi connectivity index (χ0) is 9.64. The second-order valence-corrected chi connectivity index (χ2v) is 3.56. The molecule has 0 aromatic carbocycles. The molecular formula is C11H15NO2. The zero-order valence-electron chi connectivity index (χ0n) is 8.19. The molecule has 14 heavy (non-hydrogen) atoms. The van der Waals surface area contributed by atoms with E-state index in [2.05, 4.69) is 4.98 Å². The van der Waals surface area contributed by atoms with Crippen molar-refractivity contribution >= 4 is 0 Å². The van der Waals surface area contributed by atoms with Crippen LogP contribution in [-0.4, -0.2) is 24.8 Å². The summed E-state index contributed by atoms with van der Waals surface area (Å²) in [7, 11) is 0. The lowest BCUT2D eigenvalue weighted by molar-refractivity contribution is 0.0344. The van der Waals surface area contributed by atoms with Crippen molar-refractivity contribution in [2.45, 2.75) is 12.8 Å². The van der Waals surface area contributed by atoms with Crippen molar-refractivity contribution < 1.29 is 9.47 Å². The van der Waals surface area contributed by atoms with E-state index in [1.54, 1.807) is 6.20 Å². The van der Waals surface area contributed by atoms with Crippen molar-refractivity contribution in [1.29, 1.82) is 0 Å². The average molecular weight is 193 g/mol. The average Bonchev–Trinajstić information content (AvgIpc) is 2.29. The van der Waals surface area contributed by atoms with Gasteiger partial charge in [0.05, 0.1) is 13.2 Å². The van der Waals surface area contributed by atoms with Crippen LogP contribution in [0.5, 0.6) is 5.88 Å². The molecule has 0 saturated carbocycles. The Morgan fingerprint density at radius 1 is 1.50 bits per heavy atom. The molecule has 0 bridgehead atoms. The standard InChI is InChI=1S/C11H15NO2/c1-2-6-12-11(5-1)14-9-10-4-3-7-13-8-10/h1-2,5-6,10H,3-4,7-9H2. The van der Waals surface area contributed by atoms with Gasteiger partial charge in [-0.3, -0.25) is 0 Å². The Bertz CT molecular complexity index is 257. The number of ether oxygens (including phenoxy) is 2. The molecule has 1 aliphatic heterocycles. The van der Waals surface area contributed by atoms with Crippen LogP contribution in [-0.2, 0) is 4.74 Å². The summed E-state index contributed by atoms with van der Waals surface area (Å²) in [6.45, 7) is 2.45. The Morgan fingerprint density at radius 2 is 2.50 bits per heavy atom. The normalized spacial score (nSPS) is 21.9. The van der Waals surface area contributed by atoms with Crippen molar-refractivity contribution in [2.24, 2.45) is 5.92 Å². The minimum atomic E-state index is 0.533. The predicted octanol–water partition coefficient (Wildman–Crippen LogP) is 1.89. The molecule has 0 aliphatic carbocycles. The lowest BCUT2D eigenvalue weighted by Crippen LogP contribution is -2.23. The van der Waals surface area contributed by atoms with Crippen LogP contribution in [0, 0.1) is 5.92 Å². The molecule has 2 rings (SSSR count). The fourth-order valence-corrected chi connectivity index (χ4v) is 1.57. The SMILES string of the molecule is c1ccc(OCC2CCCOC2)nc1. The first-order chi connectivity index (χ1) is 6.95. The molecule has 0 radical (unpaired) electrons. The molecule has 0 N–H and O–H groups in total. The number of hydrogen-bond donors (Lipinski definition) is 0. The largest absolute Gasteiger partial charge is 0.477 e. The van der Waals surface area contributed by atoms with Crippen LogP contribution in [0.25, 0.3) is 0 Å². The van der Waals surface area contributed by atoms with Gasteiger partial charge in [-0.25, -0.2) is 4.98 Å². The third-order valence-corrected chi connectivity index (χ3v) is 2.36. The molecule has 1 aliphatic rings. The molecule has 3 nitrogen and oxygen atoms in total. The molecule has 1 fully saturated rings. The summed E-state index contributed by atoms with van der Waals surface area (Å²) in [5, 5.41) is 0. The molecule has 1 atom stereocenters. The maximum absolute atomic E-state index is 5.55. The number of aromatic nitrogens is 1. The zero-order valence-corrected chi connectivity index (χ0v) is 8.19. The fraction of sp³-hybridized carbons (Fsp3) is 0.545. The molecule has 1 unspecified atom stereocenters. The van der Waals surface area contributed by atoms with Gasteiger partial charge in [-0.05, 0) is 18.9 Å². The third-order valence-electron chi connectivity index (χ3n) is 2.36. The van der Waals surface area contributed by atoms with Crippen molar-refractivity contribution in [2.75, 3.05) is 19.8 Å². The molecule has 76 valence electrons. The van der Waals surface area contributed by atoms with Crippen LogP contribution in [0.4, 0.5) is 0 Å². The first kappa shape index (κ1) is 9.46. The number of hydrogen-bond acceptors (Lipinski definition) is 3. The van der Waals surface area contributed by atoms with E-state index in [0.717, 1.165) is 26.2 Å². The van der Waals surface area contributed by atoms with Gasteiger partial charge in [-0.2, -0.15) is 0 Å². The number of pyridine rings is 1. The molecule has 0 spiro atoms. The topological polar surface area (TPSA) is 31.4 Å². The van der Waals surface area contributed by atoms with E-state index in [-0.39, 0.29) is 0 Å². The minimum Gasteiger partial charge on any atom is -0.477 e. The quantitative estimate of drug-likeness (QED) is 0.734.